The topological polar surface area (TPSA) is 100 Å². The lowest BCUT2D eigenvalue weighted by Gasteiger charge is -2.13. The molecule has 12 heteroatoms. The highest BCUT2D eigenvalue weighted by Crippen LogP contribution is 2.32. The van der Waals surface area contributed by atoms with Crippen LogP contribution in [0.5, 0.6) is 0 Å². The molecule has 0 fully saturated rings. The van der Waals surface area contributed by atoms with Gasteiger partial charge in [0.15, 0.2) is 5.82 Å². The van der Waals surface area contributed by atoms with Crippen LogP contribution >= 0.6 is 11.3 Å². The van der Waals surface area contributed by atoms with E-state index in [0.29, 0.717) is 4.88 Å². The van der Waals surface area contributed by atoms with Crippen LogP contribution in [0.25, 0.3) is 16.4 Å². The molecular weight excluding hydrogens is 476 g/mol. The summed E-state index contributed by atoms with van der Waals surface area (Å²) in [6.45, 7) is 0. The predicted octanol–water partition coefficient (Wildman–Crippen LogP) is 4.54. The van der Waals surface area contributed by atoms with Crippen LogP contribution in [0, 0.1) is 5.82 Å². The van der Waals surface area contributed by atoms with E-state index in [4.69, 9.17) is 10.5 Å². The van der Waals surface area contributed by atoms with Gasteiger partial charge in [-0.05, 0) is 41.8 Å². The number of rotatable bonds is 6. The first-order chi connectivity index (χ1) is 16.1. The minimum absolute atomic E-state index is 0.00904. The number of ether oxygens (including phenoxy) is 1. The van der Waals surface area contributed by atoms with E-state index in [1.807, 2.05) is 0 Å². The lowest BCUT2D eigenvalue weighted by atomic mass is 10.1. The third-order valence-electron chi connectivity index (χ3n) is 4.61. The zero-order valence-corrected chi connectivity index (χ0v) is 17.8. The number of halogens is 4. The Morgan fingerprint density at radius 2 is 1.79 bits per heavy atom. The van der Waals surface area contributed by atoms with E-state index in [1.54, 1.807) is 17.5 Å². The lowest BCUT2D eigenvalue weighted by molar-refractivity contribution is -0.137. The maximum atomic E-state index is 13.2. The summed E-state index contributed by atoms with van der Waals surface area (Å²) in [5, 5.41) is 5.76. The fourth-order valence-corrected chi connectivity index (χ4v) is 3.74. The second-order valence-electron chi connectivity index (χ2n) is 6.94. The van der Waals surface area contributed by atoms with Gasteiger partial charge in [-0.3, -0.25) is 4.79 Å². The number of nitrogens with zero attached hydrogens (tertiary/aromatic N) is 3. The van der Waals surface area contributed by atoms with Gasteiger partial charge in [-0.2, -0.15) is 18.2 Å². The number of esters is 1. The first-order valence-electron chi connectivity index (χ1n) is 9.58. The van der Waals surface area contributed by atoms with Crippen LogP contribution in [0.15, 0.2) is 66.0 Å². The molecule has 0 aliphatic heterocycles. The van der Waals surface area contributed by atoms with Gasteiger partial charge in [0.2, 0.25) is 6.10 Å². The third-order valence-corrected chi connectivity index (χ3v) is 5.47. The summed E-state index contributed by atoms with van der Waals surface area (Å²) in [6.07, 6.45) is -6.15. The molecule has 2 N–H and O–H groups in total. The highest BCUT2D eigenvalue weighted by molar-refractivity contribution is 7.13. The fraction of sp³-hybridized carbons (Fsp3) is 0.0909. The number of hydrogen-bond donors (Lipinski definition) is 1. The second-order valence-corrected chi connectivity index (χ2v) is 7.88. The van der Waals surface area contributed by atoms with E-state index in [1.165, 1.54) is 35.6 Å². The summed E-state index contributed by atoms with van der Waals surface area (Å²) in [5.74, 6) is -3.14. The molecule has 2 aromatic carbocycles. The van der Waals surface area contributed by atoms with Crippen molar-refractivity contribution in [2.45, 2.75) is 12.3 Å². The lowest BCUT2D eigenvalue weighted by Crippen LogP contribution is -2.26. The van der Waals surface area contributed by atoms with Crippen molar-refractivity contribution in [3.8, 4) is 16.4 Å². The summed E-state index contributed by atoms with van der Waals surface area (Å²) in [6, 6.07) is 12.3. The molecule has 0 spiro atoms. The summed E-state index contributed by atoms with van der Waals surface area (Å²) in [4.78, 5) is 29.3. The summed E-state index contributed by atoms with van der Waals surface area (Å²) in [5.41, 5.74) is 4.55. The van der Waals surface area contributed by atoms with Gasteiger partial charge in [-0.25, -0.2) is 13.9 Å². The van der Waals surface area contributed by atoms with Crippen molar-refractivity contribution < 1.29 is 31.9 Å². The zero-order valence-electron chi connectivity index (χ0n) is 17.0. The maximum absolute atomic E-state index is 13.2. The van der Waals surface area contributed by atoms with Gasteiger partial charge in [0, 0.05) is 5.56 Å². The van der Waals surface area contributed by atoms with Crippen LogP contribution in [0.2, 0.25) is 0 Å². The van der Waals surface area contributed by atoms with Gasteiger partial charge in [0.05, 0.1) is 16.1 Å². The number of thiophene rings is 1. The van der Waals surface area contributed by atoms with Crippen LogP contribution in [-0.4, -0.2) is 26.6 Å². The van der Waals surface area contributed by atoms with Crippen LogP contribution < -0.4 is 5.73 Å². The first-order valence-corrected chi connectivity index (χ1v) is 10.5. The number of hydrogen-bond acceptors (Lipinski definition) is 6. The molecule has 34 heavy (non-hydrogen) atoms. The van der Waals surface area contributed by atoms with Crippen LogP contribution in [0.4, 0.5) is 17.6 Å². The second kappa shape index (κ2) is 9.06. The summed E-state index contributed by atoms with van der Waals surface area (Å²) < 4.78 is 59.1. The summed E-state index contributed by atoms with van der Waals surface area (Å²) in [7, 11) is 0. The van der Waals surface area contributed by atoms with Gasteiger partial charge in [-0.1, -0.05) is 24.3 Å². The molecule has 1 amide bonds. The number of benzene rings is 2. The molecular formula is C22H14F4N4O3S. The molecule has 1 atom stereocenters. The van der Waals surface area contributed by atoms with E-state index < -0.39 is 41.4 Å². The molecule has 1 unspecified atom stereocenters. The number of primary amides is 1. The van der Waals surface area contributed by atoms with E-state index in [-0.39, 0.29) is 17.1 Å². The number of carbonyl (C=O) groups excluding carboxylic acids is 2. The molecule has 0 aliphatic rings. The Bertz CT molecular complexity index is 1340. The molecule has 0 saturated carbocycles. The van der Waals surface area contributed by atoms with Crippen molar-refractivity contribution in [3.63, 3.8) is 0 Å². The van der Waals surface area contributed by atoms with Crippen molar-refractivity contribution in [1.82, 2.24) is 14.8 Å². The average molecular weight is 490 g/mol. The largest absolute Gasteiger partial charge is 0.441 e. The number of amides is 1. The molecule has 0 radical (unpaired) electrons. The Kier molecular flexibility index (Phi) is 6.16. The molecule has 0 aliphatic carbocycles. The Morgan fingerprint density at radius 1 is 1.06 bits per heavy atom. The predicted molar refractivity (Wildman–Crippen MR) is 113 cm³/mol. The first kappa shape index (κ1) is 23.1. The van der Waals surface area contributed by atoms with E-state index in [0.717, 1.165) is 28.9 Å². The number of nitrogens with two attached hydrogens (primary N) is 1. The normalized spacial score (nSPS) is 12.4. The van der Waals surface area contributed by atoms with Gasteiger partial charge in [0.1, 0.15) is 5.82 Å². The molecule has 174 valence electrons. The number of alkyl halides is 3. The molecule has 0 bridgehead atoms. The SMILES string of the molecule is NC(=O)C(OC(=O)c1nc(-c2cccs2)n(-c2cccc(C(F)(F)F)c2)n1)c1ccc(F)cc1. The van der Waals surface area contributed by atoms with Crippen molar-refractivity contribution >= 4 is 23.2 Å². The van der Waals surface area contributed by atoms with Crippen molar-refractivity contribution in [2.24, 2.45) is 5.73 Å². The van der Waals surface area contributed by atoms with E-state index >= 15 is 0 Å². The van der Waals surface area contributed by atoms with E-state index in [2.05, 4.69) is 10.1 Å². The van der Waals surface area contributed by atoms with Crippen molar-refractivity contribution in [3.05, 3.63) is 88.8 Å². The Morgan fingerprint density at radius 3 is 2.41 bits per heavy atom. The third kappa shape index (κ3) is 4.81. The van der Waals surface area contributed by atoms with Gasteiger partial charge in [0.25, 0.3) is 11.7 Å². The molecule has 2 heterocycles. The Balaban J connectivity index is 1.73. The zero-order chi connectivity index (χ0) is 24.5. The maximum Gasteiger partial charge on any atom is 0.416 e. The van der Waals surface area contributed by atoms with Crippen molar-refractivity contribution in [2.75, 3.05) is 0 Å². The molecule has 2 aromatic heterocycles. The van der Waals surface area contributed by atoms with Crippen LogP contribution in [0.1, 0.15) is 27.8 Å². The van der Waals surface area contributed by atoms with E-state index in [9.17, 15) is 27.2 Å². The van der Waals surface area contributed by atoms with Gasteiger partial charge in [-0.15, -0.1) is 16.4 Å². The van der Waals surface area contributed by atoms with Crippen LogP contribution in [-0.2, 0) is 15.7 Å². The monoisotopic (exact) mass is 490 g/mol. The number of carbonyl (C=O) groups is 2. The highest BCUT2D eigenvalue weighted by Gasteiger charge is 2.32. The van der Waals surface area contributed by atoms with Crippen molar-refractivity contribution in [1.29, 1.82) is 0 Å². The van der Waals surface area contributed by atoms with Crippen LogP contribution in [0.3, 0.4) is 0 Å². The molecule has 4 aromatic rings. The molecule has 0 saturated heterocycles. The van der Waals surface area contributed by atoms with Gasteiger partial charge >= 0.3 is 12.1 Å². The standard InChI is InChI=1S/C22H14F4N4O3S/c23-14-8-6-12(7-9-14)17(18(27)31)33-21(32)19-28-20(16-5-2-10-34-16)30(29-19)15-4-1-3-13(11-15)22(24,25)26/h1-11,17H,(H2,27,31). The Hall–Kier alpha value is -4.06. The fourth-order valence-electron chi connectivity index (χ4n) is 3.05. The molecule has 4 rings (SSSR count). The minimum Gasteiger partial charge on any atom is -0.441 e. The quantitative estimate of drug-likeness (QED) is 0.316. The van der Waals surface area contributed by atoms with Gasteiger partial charge < -0.3 is 10.5 Å². The minimum atomic E-state index is -4.59. The summed E-state index contributed by atoms with van der Waals surface area (Å²) >= 11 is 1.23. The Labute approximate surface area is 193 Å². The average Bonchev–Trinajstić information content (AvgIpc) is 3.47. The highest BCUT2D eigenvalue weighted by atomic mass is 32.1. The number of aromatic nitrogens is 3. The smallest absolute Gasteiger partial charge is 0.416 e. The molecule has 7 nitrogen and oxygen atoms in total.